The summed E-state index contributed by atoms with van der Waals surface area (Å²) in [5, 5.41) is 11.7. The van der Waals surface area contributed by atoms with Crippen molar-refractivity contribution in [3.63, 3.8) is 0 Å². The molecule has 5 atom stereocenters. The van der Waals surface area contributed by atoms with Crippen LogP contribution in [0.1, 0.15) is 320 Å². The van der Waals surface area contributed by atoms with Crippen molar-refractivity contribution in [2.75, 3.05) is 0 Å². The maximum absolute atomic E-state index is 14.8. The van der Waals surface area contributed by atoms with Crippen molar-refractivity contribution < 1.29 is 33.3 Å². The number of halogens is 3. The Morgan fingerprint density at radius 2 is 0.660 bits per heavy atom. The third-order valence-electron chi connectivity index (χ3n) is 26.9. The molecule has 0 N–H and O–H groups in total. The van der Waals surface area contributed by atoms with Gasteiger partial charge in [0.2, 0.25) is 0 Å². The fraction of sp³-hybridized carbons (Fsp3) is 0.254. The third-order valence-corrected chi connectivity index (χ3v) is 30.3. The van der Waals surface area contributed by atoms with Crippen LogP contribution in [0.15, 0.2) is 274 Å². The predicted molar refractivity (Wildman–Crippen MR) is 592 cm³/mol. The summed E-state index contributed by atoms with van der Waals surface area (Å²) < 4.78 is 26.8. The van der Waals surface area contributed by atoms with Gasteiger partial charge in [-0.2, -0.15) is 0 Å². The SMILES string of the molecule is CC(=O)c1ncn2c1[C@@H](C)N=C(c1ccccc1F)c1cc(C#C[Si](C)(C)C)ccc1-2.CC(=O)c1ncn2c1[C@@H](C)N=C(c1ccccc1I)c1cc(C#C[Si](C)(C)C)ccc1-2.CC(=O)c1ncn2c1[C@H](C)N=C(c1ccccc1Br)c1cc(C3CC3)ccc1-2.CC(=O)c1ncn2c1[C@H](C)N=C(c1ccccc1[N+](=O)[O-])c1cc(C3CC3)ccc1-2.CC(=O)c1ncn2c1[C@H](C)N=C(c1ccccn1)c1cc(C3CC3)ccc1-2. The van der Waals surface area contributed by atoms with Crippen molar-refractivity contribution >= 4 is 118 Å². The maximum atomic E-state index is 14.8. The zero-order chi connectivity index (χ0) is 104. The molecule has 24 nitrogen and oxygen atoms in total. The molecule has 23 rings (SSSR count). The molecular formula is C118H108BrFIN17O7Si2. The molecule has 3 saturated carbocycles. The molecule has 9 aromatic carbocycles. The van der Waals surface area contributed by atoms with Gasteiger partial charge in [0, 0.05) is 111 Å². The van der Waals surface area contributed by atoms with Crippen LogP contribution in [-0.4, -0.2) is 131 Å². The minimum atomic E-state index is -1.56. The number of benzene rings is 9. The molecule has 3 fully saturated rings. The van der Waals surface area contributed by atoms with E-state index in [4.69, 9.17) is 25.0 Å². The molecule has 11 heterocycles. The highest BCUT2D eigenvalue weighted by molar-refractivity contribution is 14.1. The van der Waals surface area contributed by atoms with Crippen molar-refractivity contribution in [3.8, 4) is 51.4 Å². The molecule has 0 radical (unpaired) electrons. The second kappa shape index (κ2) is 41.1. The zero-order valence-electron chi connectivity index (χ0n) is 84.5. The fourth-order valence-corrected chi connectivity index (χ4v) is 21.7. The van der Waals surface area contributed by atoms with E-state index >= 15 is 0 Å². The lowest BCUT2D eigenvalue weighted by Gasteiger charge is -2.14. The van der Waals surface area contributed by atoms with Crippen LogP contribution < -0.4 is 0 Å². The van der Waals surface area contributed by atoms with Crippen molar-refractivity contribution in [1.82, 2.24) is 52.7 Å². The van der Waals surface area contributed by atoms with Crippen molar-refractivity contribution in [2.45, 2.75) is 195 Å². The molecule has 0 spiro atoms. The number of nitro benzene ring substituents is 1. The molecule has 8 aliphatic rings. The standard InChI is InChI=1S/C25H24FN3OSi.C25H24IN3OSi.C23H20BrN3O.C23H20N4O3.C22H20N4O/c2*1-16-25-23(17(2)30)27-15-29(25)22-11-10-18(12-13-31(3,4)5)14-20(22)24(28-16)19-8-6-7-9-21(19)26;1-13-23-21(14(2)28)25-12-27(23)20-10-9-16(15-7-8-15)11-18(20)22(26-13)17-5-3-4-6-19(17)24;1-13-23-21(14(2)28)24-12-26(23)19-10-9-16(15-7-8-15)11-18(19)22(25-13)17-5-3-4-6-20(17)27(29)30;1-13-22-20(14(2)27)24-12-26(22)19-9-8-16(15-6-7-15)11-17(19)21(25-13)18-5-3-4-10-23-18/h2*6-11,14-16H,1-5H3;3-6,9-13,15H,7-8H2,1-2H3;3-6,9-13,15H,7-8H2,1-2H3;3-5,8-13,15H,6-7H2,1-2H3/t2*16-;3*13-/m11000/s1. The average Bonchev–Trinajstić information content (AvgIpc) is 1.61. The van der Waals surface area contributed by atoms with Crippen LogP contribution in [0.5, 0.6) is 0 Å². The number of aliphatic imine (C=N–C) groups is 5. The molecule has 0 bridgehead atoms. The summed E-state index contributed by atoms with van der Waals surface area (Å²) in [5.41, 5.74) is 35.9. The third kappa shape index (κ3) is 20.8. The smallest absolute Gasteiger partial charge is 0.278 e. The van der Waals surface area contributed by atoms with Gasteiger partial charge in [0.1, 0.15) is 82.1 Å². The van der Waals surface area contributed by atoms with Gasteiger partial charge in [-0.15, -0.1) is 11.1 Å². The first kappa shape index (κ1) is 101. The van der Waals surface area contributed by atoms with E-state index in [1.165, 1.54) is 68.4 Å². The van der Waals surface area contributed by atoms with E-state index in [2.05, 4.69) is 209 Å². The highest BCUT2D eigenvalue weighted by atomic mass is 127. The van der Waals surface area contributed by atoms with Crippen LogP contribution in [0.4, 0.5) is 10.1 Å². The number of carbonyl (C=O) groups is 5. The fourth-order valence-electron chi connectivity index (χ4n) is 19.5. The molecular weight excluding hydrogens is 2050 g/mol. The van der Waals surface area contributed by atoms with Gasteiger partial charge in [-0.1, -0.05) is 152 Å². The summed E-state index contributed by atoms with van der Waals surface area (Å²) in [6.07, 6.45) is 17.6. The van der Waals surface area contributed by atoms with Gasteiger partial charge in [0.25, 0.3) is 5.69 Å². The Hall–Kier alpha value is -15.0. The molecule has 5 aliphatic heterocycles. The number of hydrogen-bond donors (Lipinski definition) is 0. The molecule has 29 heteroatoms. The Balaban J connectivity index is 0.000000116. The Morgan fingerprint density at radius 3 is 1.00 bits per heavy atom. The molecule has 0 unspecified atom stereocenters. The van der Waals surface area contributed by atoms with E-state index in [9.17, 15) is 38.5 Å². The second-order valence-electron chi connectivity index (χ2n) is 40.3. The van der Waals surface area contributed by atoms with Crippen LogP contribution in [0.3, 0.4) is 0 Å². The summed E-state index contributed by atoms with van der Waals surface area (Å²) in [6.45, 7) is 30.8. The summed E-state index contributed by atoms with van der Waals surface area (Å²) in [7, 11) is -3.06. The van der Waals surface area contributed by atoms with Crippen LogP contribution in [-0.2, 0) is 0 Å². The van der Waals surface area contributed by atoms with Crippen molar-refractivity contribution in [3.05, 3.63) is 409 Å². The second-order valence-corrected chi connectivity index (χ2v) is 51.9. The molecule has 0 amide bonds. The lowest BCUT2D eigenvalue weighted by Crippen LogP contribution is -2.16. The van der Waals surface area contributed by atoms with Crippen molar-refractivity contribution in [2.24, 2.45) is 25.0 Å². The molecule has 6 aromatic heterocycles. The highest BCUT2D eigenvalue weighted by Gasteiger charge is 2.39. The summed E-state index contributed by atoms with van der Waals surface area (Å²) in [6, 6.07) is 65.8. The van der Waals surface area contributed by atoms with Gasteiger partial charge in [-0.25, -0.2) is 29.3 Å². The van der Waals surface area contributed by atoms with E-state index in [0.29, 0.717) is 80.2 Å². The number of carbonyl (C=O) groups excluding carboxylic acids is 5. The lowest BCUT2D eigenvalue weighted by atomic mass is 9.96. The number of nitro groups is 1. The van der Waals surface area contributed by atoms with E-state index in [1.54, 1.807) is 95.0 Å². The van der Waals surface area contributed by atoms with E-state index in [1.807, 2.05) is 136 Å². The van der Waals surface area contributed by atoms with Gasteiger partial charge in [-0.3, -0.25) is 86.9 Å². The minimum absolute atomic E-state index is 0.0164. The summed E-state index contributed by atoms with van der Waals surface area (Å²) in [4.78, 5) is 124. The first-order chi connectivity index (χ1) is 70.4. The van der Waals surface area contributed by atoms with Crippen LogP contribution >= 0.6 is 38.5 Å². The highest BCUT2D eigenvalue weighted by Crippen LogP contribution is 2.48. The largest absolute Gasteiger partial charge is 0.300 e. The maximum Gasteiger partial charge on any atom is 0.278 e. The molecule has 736 valence electrons. The number of hydrogen-bond acceptors (Lipinski definition) is 18. The quantitative estimate of drug-likeness (QED) is 0.0245. The number of Topliss-reactive ketones (excluding diaryl/α,β-unsaturated/α-hetero) is 5. The monoisotopic (exact) mass is 2160 g/mol. The van der Waals surface area contributed by atoms with Gasteiger partial charge in [0.05, 0.1) is 132 Å². The average molecular weight is 2160 g/mol. The molecule has 15 aromatic rings. The first-order valence-electron chi connectivity index (χ1n) is 49.4. The summed E-state index contributed by atoms with van der Waals surface area (Å²) in [5.74, 6) is 7.78. The Morgan fingerprint density at radius 1 is 0.361 bits per heavy atom. The van der Waals surface area contributed by atoms with E-state index in [0.717, 1.165) is 139 Å². The number of rotatable bonds is 14. The number of nitrogens with zero attached hydrogens (tertiary/aromatic N) is 17. The minimum Gasteiger partial charge on any atom is -0.300 e. The molecule has 0 saturated heterocycles. The van der Waals surface area contributed by atoms with Gasteiger partial charge in [-0.05, 0) is 245 Å². The summed E-state index contributed by atoms with van der Waals surface area (Å²) >= 11 is 6.05. The van der Waals surface area contributed by atoms with Gasteiger partial charge >= 0.3 is 0 Å². The lowest BCUT2D eigenvalue weighted by molar-refractivity contribution is -0.385. The van der Waals surface area contributed by atoms with Crippen LogP contribution in [0.25, 0.3) is 28.4 Å². The number of imidazole rings is 5. The molecule has 3 aliphatic carbocycles. The Labute approximate surface area is 877 Å². The van der Waals surface area contributed by atoms with E-state index < -0.39 is 22.2 Å². The van der Waals surface area contributed by atoms with Crippen LogP contribution in [0.2, 0.25) is 39.3 Å². The molecule has 147 heavy (non-hydrogen) atoms. The normalized spacial score (nSPS) is 16.8. The number of para-hydroxylation sites is 1. The van der Waals surface area contributed by atoms with Gasteiger partial charge in [0.15, 0.2) is 28.9 Å². The zero-order valence-corrected chi connectivity index (χ0v) is 90.3. The Bertz CT molecular complexity index is 8050. The number of pyridine rings is 1. The predicted octanol–water partition coefficient (Wildman–Crippen LogP) is 25.8. The Kier molecular flexibility index (Phi) is 28.2. The van der Waals surface area contributed by atoms with Crippen LogP contribution in [0, 0.1) is 42.4 Å². The topological polar surface area (TPSA) is 292 Å². The van der Waals surface area contributed by atoms with Crippen molar-refractivity contribution in [1.29, 1.82) is 0 Å². The number of aromatic nitrogens is 11. The first-order valence-corrected chi connectivity index (χ1v) is 58.3. The number of ketones is 5. The van der Waals surface area contributed by atoms with E-state index in [-0.39, 0.29) is 69.5 Å². The number of fused-ring (bicyclic) bond motifs is 15. The van der Waals surface area contributed by atoms with Gasteiger partial charge < -0.3 is 0 Å².